The third-order valence-corrected chi connectivity index (χ3v) is 8.93. The third kappa shape index (κ3) is 5.90. The fraction of sp³-hybridized carbons (Fsp3) is 0.184. The number of para-hydroxylation sites is 1. The molecule has 1 heterocycles. The van der Waals surface area contributed by atoms with Gasteiger partial charge in [-0.15, -0.1) is 0 Å². The molecule has 6 heteroatoms. The molecule has 5 aromatic carbocycles. The van der Waals surface area contributed by atoms with E-state index < -0.39 is 5.97 Å². The number of nitrogens with zero attached hydrogens (tertiary/aromatic N) is 1. The van der Waals surface area contributed by atoms with E-state index in [9.17, 15) is 9.90 Å². The smallest absolute Gasteiger partial charge is 0.307 e. The highest BCUT2D eigenvalue weighted by molar-refractivity contribution is 7.99. The van der Waals surface area contributed by atoms with Crippen LogP contribution in [0.25, 0.3) is 22.3 Å². The van der Waals surface area contributed by atoms with Gasteiger partial charge in [-0.3, -0.25) is 4.79 Å². The molecule has 6 rings (SSSR count). The molecule has 0 amide bonds. The lowest BCUT2D eigenvalue weighted by molar-refractivity contribution is -0.136. The first-order chi connectivity index (χ1) is 21.3. The fourth-order valence-corrected chi connectivity index (χ4v) is 6.75. The summed E-state index contributed by atoms with van der Waals surface area (Å²) in [6, 6.07) is 32.4. The molecule has 0 aromatic heterocycles. The van der Waals surface area contributed by atoms with Crippen molar-refractivity contribution < 1.29 is 19.4 Å². The van der Waals surface area contributed by atoms with Crippen molar-refractivity contribution in [2.45, 2.75) is 40.3 Å². The van der Waals surface area contributed by atoms with Crippen LogP contribution in [0.4, 0.5) is 5.69 Å². The van der Waals surface area contributed by atoms with Crippen molar-refractivity contribution in [2.75, 3.05) is 10.6 Å². The van der Waals surface area contributed by atoms with Gasteiger partial charge in [0, 0.05) is 11.8 Å². The highest BCUT2D eigenvalue weighted by Gasteiger charge is 2.30. The van der Waals surface area contributed by atoms with Crippen molar-refractivity contribution in [3.63, 3.8) is 0 Å². The highest BCUT2D eigenvalue weighted by atomic mass is 32.2. The molecule has 0 aliphatic carbocycles. The van der Waals surface area contributed by atoms with E-state index >= 15 is 0 Å². The Kier molecular flexibility index (Phi) is 8.36. The van der Waals surface area contributed by atoms with E-state index in [1.165, 1.54) is 11.1 Å². The number of aliphatic carboxylic acids is 1. The number of carboxylic acids is 1. The molecule has 0 radical (unpaired) electrons. The van der Waals surface area contributed by atoms with Crippen LogP contribution >= 0.6 is 11.9 Å². The maximum absolute atomic E-state index is 12.1. The summed E-state index contributed by atoms with van der Waals surface area (Å²) in [5.41, 5.74) is 11.7. The zero-order chi connectivity index (χ0) is 30.8. The molecule has 0 fully saturated rings. The van der Waals surface area contributed by atoms with Crippen LogP contribution < -0.4 is 13.8 Å². The Hall–Kier alpha value is -4.68. The number of carboxylic acid groups (broad SMARTS) is 1. The number of rotatable bonds is 9. The first-order valence-corrected chi connectivity index (χ1v) is 15.8. The lowest BCUT2D eigenvalue weighted by atomic mass is 9.81. The van der Waals surface area contributed by atoms with Gasteiger partial charge < -0.3 is 18.9 Å². The van der Waals surface area contributed by atoms with E-state index in [2.05, 4.69) is 67.7 Å². The Balaban J connectivity index is 1.38. The quantitative estimate of drug-likeness (QED) is 0.170. The maximum atomic E-state index is 12.1. The molecule has 0 bridgehead atoms. The van der Waals surface area contributed by atoms with E-state index in [1.807, 2.05) is 60.7 Å². The summed E-state index contributed by atoms with van der Waals surface area (Å²) in [4.78, 5) is 12.1. The predicted octanol–water partition coefficient (Wildman–Crippen LogP) is 9.54. The molecule has 1 aliphatic heterocycles. The number of aryl methyl sites for hydroxylation is 1. The Morgan fingerprint density at radius 1 is 0.818 bits per heavy atom. The van der Waals surface area contributed by atoms with Crippen LogP contribution in [-0.2, 0) is 24.4 Å². The van der Waals surface area contributed by atoms with Gasteiger partial charge in [0.15, 0.2) is 0 Å². The first kappa shape index (κ1) is 29.4. The third-order valence-electron chi connectivity index (χ3n) is 8.18. The average molecular weight is 602 g/mol. The summed E-state index contributed by atoms with van der Waals surface area (Å²) in [5.74, 6) is 1.51. The molecule has 44 heavy (non-hydrogen) atoms. The molecule has 0 atom stereocenters. The van der Waals surface area contributed by atoms with Crippen molar-refractivity contribution in [2.24, 2.45) is 0 Å². The minimum Gasteiger partial charge on any atom is -0.489 e. The fourth-order valence-electron chi connectivity index (χ4n) is 6.07. The van der Waals surface area contributed by atoms with E-state index in [0.29, 0.717) is 6.61 Å². The second-order valence-electron chi connectivity index (χ2n) is 11.2. The van der Waals surface area contributed by atoms with E-state index in [0.717, 1.165) is 74.0 Å². The number of benzene rings is 5. The molecule has 0 saturated carbocycles. The average Bonchev–Trinajstić information content (AvgIpc) is 3.03. The Morgan fingerprint density at radius 3 is 2.30 bits per heavy atom. The number of fused-ring (bicyclic) bond motifs is 3. The van der Waals surface area contributed by atoms with Crippen LogP contribution in [0.2, 0.25) is 0 Å². The molecule has 5 aromatic rings. The lowest BCUT2D eigenvalue weighted by Gasteiger charge is -2.36. The Bertz CT molecular complexity index is 1830. The normalized spacial score (nSPS) is 12.0. The van der Waals surface area contributed by atoms with Crippen molar-refractivity contribution in [3.8, 4) is 39.5 Å². The highest BCUT2D eigenvalue weighted by Crippen LogP contribution is 2.51. The minimum atomic E-state index is -0.832. The van der Waals surface area contributed by atoms with Gasteiger partial charge in [-0.25, -0.2) is 0 Å². The minimum absolute atomic E-state index is 0.0333. The van der Waals surface area contributed by atoms with Crippen LogP contribution in [0.5, 0.6) is 17.2 Å². The van der Waals surface area contributed by atoms with Gasteiger partial charge in [0.25, 0.3) is 0 Å². The largest absolute Gasteiger partial charge is 0.489 e. The summed E-state index contributed by atoms with van der Waals surface area (Å²) in [5, 5.41) is 9.92. The zero-order valence-corrected chi connectivity index (χ0v) is 26.2. The summed E-state index contributed by atoms with van der Waals surface area (Å²) in [6.45, 7) is 7.37. The maximum Gasteiger partial charge on any atom is 0.307 e. The van der Waals surface area contributed by atoms with E-state index in [-0.39, 0.29) is 6.42 Å². The molecular formula is C38H35NO4S. The van der Waals surface area contributed by atoms with Crippen LogP contribution in [0.3, 0.4) is 0 Å². The van der Waals surface area contributed by atoms with Crippen LogP contribution in [-0.4, -0.2) is 17.3 Å². The summed E-state index contributed by atoms with van der Waals surface area (Å²) in [6.07, 6.45) is 2.04. The van der Waals surface area contributed by atoms with Crippen molar-refractivity contribution in [3.05, 3.63) is 130 Å². The van der Waals surface area contributed by atoms with E-state index in [1.54, 1.807) is 11.9 Å². The number of hydrogen-bond donors (Lipinski definition) is 1. The summed E-state index contributed by atoms with van der Waals surface area (Å²) < 4.78 is 14.7. The molecule has 222 valence electrons. The topological polar surface area (TPSA) is 59.0 Å². The SMILES string of the molecule is CSN1Cc2ccc(OCc3cccc(Oc4ccccc4)c3)cc2-c2c(C)c(-c3ccc(C)cc3)c(CC(=O)O)c(C)c21. The molecule has 1 N–H and O–H groups in total. The monoisotopic (exact) mass is 601 g/mol. The van der Waals surface area contributed by atoms with Gasteiger partial charge in [-0.2, -0.15) is 0 Å². The zero-order valence-electron chi connectivity index (χ0n) is 25.4. The Morgan fingerprint density at radius 2 is 1.57 bits per heavy atom. The van der Waals surface area contributed by atoms with Gasteiger partial charge in [0.1, 0.15) is 23.9 Å². The van der Waals surface area contributed by atoms with Crippen molar-refractivity contribution in [1.29, 1.82) is 0 Å². The molecule has 5 nitrogen and oxygen atoms in total. The standard InChI is InChI=1S/C38H35NO4S/c1-24-13-15-28(16-14-24)36-26(3)37-34-20-31(42-23-27-9-8-12-32(19-27)43-30-10-6-5-7-11-30)18-17-29(34)22-39(44-4)38(37)25(2)33(36)21-35(40)41/h5-20H,21-23H2,1-4H3,(H,40,41). The van der Waals surface area contributed by atoms with Gasteiger partial charge in [-0.1, -0.05) is 78.2 Å². The van der Waals surface area contributed by atoms with E-state index in [4.69, 9.17) is 9.47 Å². The molecule has 0 spiro atoms. The van der Waals surface area contributed by atoms with Crippen molar-refractivity contribution in [1.82, 2.24) is 0 Å². The van der Waals surface area contributed by atoms with Crippen LogP contribution in [0.1, 0.15) is 33.4 Å². The first-order valence-electron chi connectivity index (χ1n) is 14.7. The molecule has 0 saturated heterocycles. The molecule has 0 unspecified atom stereocenters. The second kappa shape index (κ2) is 12.5. The number of carbonyl (C=O) groups is 1. The molecule has 1 aliphatic rings. The number of hydrogen-bond acceptors (Lipinski definition) is 5. The van der Waals surface area contributed by atoms with Crippen LogP contribution in [0, 0.1) is 20.8 Å². The summed E-state index contributed by atoms with van der Waals surface area (Å²) >= 11 is 1.66. The van der Waals surface area contributed by atoms with Crippen LogP contribution in [0.15, 0.2) is 97.1 Å². The van der Waals surface area contributed by atoms with Gasteiger partial charge >= 0.3 is 5.97 Å². The Labute approximate surface area is 263 Å². The van der Waals surface area contributed by atoms with Gasteiger partial charge in [0.2, 0.25) is 0 Å². The van der Waals surface area contributed by atoms with Gasteiger partial charge in [0.05, 0.1) is 18.7 Å². The second-order valence-corrected chi connectivity index (χ2v) is 12.0. The summed E-state index contributed by atoms with van der Waals surface area (Å²) in [7, 11) is 0. The predicted molar refractivity (Wildman–Crippen MR) is 180 cm³/mol. The van der Waals surface area contributed by atoms with Crippen molar-refractivity contribution >= 4 is 23.6 Å². The lowest BCUT2D eigenvalue weighted by Crippen LogP contribution is -2.22. The molecular weight excluding hydrogens is 566 g/mol. The van der Waals surface area contributed by atoms with Gasteiger partial charge in [-0.05, 0) is 102 Å². The number of ether oxygens (including phenoxy) is 2. The number of anilines is 1.